The van der Waals surface area contributed by atoms with Crippen molar-refractivity contribution in [2.45, 2.75) is 45.3 Å². The molecule has 0 aliphatic carbocycles. The van der Waals surface area contributed by atoms with Gasteiger partial charge < -0.3 is 15.4 Å². The first-order chi connectivity index (χ1) is 9.60. The molecule has 1 amide bonds. The van der Waals surface area contributed by atoms with Crippen molar-refractivity contribution in [2.75, 3.05) is 13.1 Å². The number of aryl methyl sites for hydroxylation is 1. The van der Waals surface area contributed by atoms with Crippen LogP contribution >= 0.6 is 0 Å². The van der Waals surface area contributed by atoms with E-state index in [9.17, 15) is 4.79 Å². The molecule has 2 N–H and O–H groups in total. The molecule has 1 saturated heterocycles. The monoisotopic (exact) mass is 276 g/mol. The highest BCUT2D eigenvalue weighted by atomic mass is 16.5. The minimum atomic E-state index is -0.352. The largest absolute Gasteiger partial charge is 0.487 e. The van der Waals surface area contributed by atoms with Gasteiger partial charge in [0, 0.05) is 0 Å². The predicted molar refractivity (Wildman–Crippen MR) is 79.7 cm³/mol. The van der Waals surface area contributed by atoms with Gasteiger partial charge in [-0.15, -0.1) is 0 Å². The molecule has 20 heavy (non-hydrogen) atoms. The van der Waals surface area contributed by atoms with Gasteiger partial charge in [-0.3, -0.25) is 4.79 Å². The lowest BCUT2D eigenvalue weighted by atomic mass is 10.1. The molecule has 1 heterocycles. The second-order valence-corrected chi connectivity index (χ2v) is 5.54. The zero-order chi connectivity index (χ0) is 14.5. The maximum Gasteiger partial charge on any atom is 0.239 e. The van der Waals surface area contributed by atoms with Crippen molar-refractivity contribution < 1.29 is 9.53 Å². The fraction of sp³-hybridized carbons (Fsp3) is 0.562. The molecule has 0 radical (unpaired) electrons. The standard InChI is InChI=1S/C16H24N2O2/c1-3-4-5-15(17)16(19)18-10-14(11-18)20-13-8-6-12(2)7-9-13/h6-9,14-15H,3-5,10-11,17H2,1-2H3. The van der Waals surface area contributed by atoms with E-state index >= 15 is 0 Å². The molecular formula is C16H24N2O2. The lowest BCUT2D eigenvalue weighted by Gasteiger charge is -2.40. The SMILES string of the molecule is CCCCC(N)C(=O)N1CC(Oc2ccc(C)cc2)C1. The van der Waals surface area contributed by atoms with Gasteiger partial charge in [-0.05, 0) is 25.5 Å². The second-order valence-electron chi connectivity index (χ2n) is 5.54. The van der Waals surface area contributed by atoms with Crippen molar-refractivity contribution >= 4 is 5.91 Å². The number of nitrogens with zero attached hydrogens (tertiary/aromatic N) is 1. The number of unbranched alkanes of at least 4 members (excludes halogenated alkanes) is 1. The van der Waals surface area contributed by atoms with Crippen LogP contribution in [0.15, 0.2) is 24.3 Å². The van der Waals surface area contributed by atoms with Gasteiger partial charge in [0.15, 0.2) is 0 Å². The fourth-order valence-electron chi connectivity index (χ4n) is 2.28. The van der Waals surface area contributed by atoms with Crippen LogP contribution in [0.1, 0.15) is 31.7 Å². The van der Waals surface area contributed by atoms with Crippen LogP contribution in [0.2, 0.25) is 0 Å². The minimum Gasteiger partial charge on any atom is -0.487 e. The Balaban J connectivity index is 1.74. The number of amides is 1. The van der Waals surface area contributed by atoms with Crippen molar-refractivity contribution in [3.8, 4) is 5.75 Å². The smallest absolute Gasteiger partial charge is 0.239 e. The highest BCUT2D eigenvalue weighted by Crippen LogP contribution is 2.19. The average Bonchev–Trinajstić information content (AvgIpc) is 2.41. The molecule has 2 rings (SSSR count). The number of hydrogen-bond donors (Lipinski definition) is 1. The van der Waals surface area contributed by atoms with E-state index in [1.807, 2.05) is 31.2 Å². The van der Waals surface area contributed by atoms with Crippen molar-refractivity contribution in [1.82, 2.24) is 4.90 Å². The summed E-state index contributed by atoms with van der Waals surface area (Å²) in [7, 11) is 0. The minimum absolute atomic E-state index is 0.0576. The highest BCUT2D eigenvalue weighted by Gasteiger charge is 2.34. The highest BCUT2D eigenvalue weighted by molar-refractivity contribution is 5.82. The fourth-order valence-corrected chi connectivity index (χ4v) is 2.28. The van der Waals surface area contributed by atoms with Gasteiger partial charge in [-0.2, -0.15) is 0 Å². The lowest BCUT2D eigenvalue weighted by molar-refractivity contribution is -0.141. The van der Waals surface area contributed by atoms with Crippen molar-refractivity contribution in [3.05, 3.63) is 29.8 Å². The summed E-state index contributed by atoms with van der Waals surface area (Å²) < 4.78 is 5.81. The van der Waals surface area contributed by atoms with E-state index in [-0.39, 0.29) is 18.1 Å². The summed E-state index contributed by atoms with van der Waals surface area (Å²) in [6.07, 6.45) is 2.94. The second kappa shape index (κ2) is 6.75. The summed E-state index contributed by atoms with van der Waals surface area (Å²) in [5.41, 5.74) is 7.11. The molecule has 0 spiro atoms. The van der Waals surface area contributed by atoms with Crippen LogP contribution in [0, 0.1) is 6.92 Å². The Morgan fingerprint density at radius 1 is 1.40 bits per heavy atom. The average molecular weight is 276 g/mol. The third kappa shape index (κ3) is 3.73. The predicted octanol–water partition coefficient (Wildman–Crippen LogP) is 2.10. The molecule has 1 fully saturated rings. The Morgan fingerprint density at radius 2 is 2.05 bits per heavy atom. The molecule has 1 aromatic rings. The Hall–Kier alpha value is -1.55. The van der Waals surface area contributed by atoms with Crippen LogP contribution in [0.4, 0.5) is 0 Å². The van der Waals surface area contributed by atoms with Gasteiger partial charge in [0.1, 0.15) is 11.9 Å². The molecule has 0 bridgehead atoms. The Morgan fingerprint density at radius 3 is 2.65 bits per heavy atom. The zero-order valence-electron chi connectivity index (χ0n) is 12.3. The zero-order valence-corrected chi connectivity index (χ0v) is 12.3. The number of nitrogens with two attached hydrogens (primary N) is 1. The number of hydrogen-bond acceptors (Lipinski definition) is 3. The molecule has 110 valence electrons. The topological polar surface area (TPSA) is 55.6 Å². The Bertz CT molecular complexity index is 438. The van der Waals surface area contributed by atoms with E-state index < -0.39 is 0 Å². The molecule has 1 aliphatic rings. The number of carbonyl (C=O) groups is 1. The summed E-state index contributed by atoms with van der Waals surface area (Å²) in [5.74, 6) is 0.921. The molecule has 4 nitrogen and oxygen atoms in total. The van der Waals surface area contributed by atoms with Crippen molar-refractivity contribution in [1.29, 1.82) is 0 Å². The van der Waals surface area contributed by atoms with Gasteiger partial charge in [-0.25, -0.2) is 0 Å². The molecule has 0 saturated carbocycles. The van der Waals surface area contributed by atoms with Gasteiger partial charge in [0.25, 0.3) is 0 Å². The lowest BCUT2D eigenvalue weighted by Crippen LogP contribution is -2.59. The van der Waals surface area contributed by atoms with Gasteiger partial charge in [0.05, 0.1) is 19.1 Å². The molecular weight excluding hydrogens is 252 g/mol. The first kappa shape index (κ1) is 14.9. The van der Waals surface area contributed by atoms with Crippen LogP contribution < -0.4 is 10.5 Å². The maximum absolute atomic E-state index is 12.0. The molecule has 1 aliphatic heterocycles. The normalized spacial score (nSPS) is 16.6. The van der Waals surface area contributed by atoms with Gasteiger partial charge >= 0.3 is 0 Å². The van der Waals surface area contributed by atoms with E-state index in [4.69, 9.17) is 10.5 Å². The first-order valence-electron chi connectivity index (χ1n) is 7.38. The number of carbonyl (C=O) groups excluding carboxylic acids is 1. The molecule has 4 heteroatoms. The van der Waals surface area contributed by atoms with E-state index in [1.54, 1.807) is 4.90 Å². The molecule has 0 aromatic heterocycles. The van der Waals surface area contributed by atoms with E-state index in [0.717, 1.165) is 25.0 Å². The Kier molecular flexibility index (Phi) is 5.01. The summed E-state index contributed by atoms with van der Waals surface area (Å²) in [5, 5.41) is 0. The summed E-state index contributed by atoms with van der Waals surface area (Å²) in [6, 6.07) is 7.63. The number of rotatable bonds is 6. The third-order valence-electron chi connectivity index (χ3n) is 3.67. The van der Waals surface area contributed by atoms with Crippen LogP contribution in [0.5, 0.6) is 5.75 Å². The van der Waals surface area contributed by atoms with Crippen LogP contribution in [-0.2, 0) is 4.79 Å². The van der Waals surface area contributed by atoms with Gasteiger partial charge in [0.2, 0.25) is 5.91 Å². The van der Waals surface area contributed by atoms with E-state index in [1.165, 1.54) is 5.56 Å². The van der Waals surface area contributed by atoms with Crippen molar-refractivity contribution in [3.63, 3.8) is 0 Å². The van der Waals surface area contributed by atoms with Gasteiger partial charge in [-0.1, -0.05) is 37.5 Å². The Labute approximate surface area is 120 Å². The number of likely N-dealkylation sites (tertiary alicyclic amines) is 1. The maximum atomic E-state index is 12.0. The first-order valence-corrected chi connectivity index (χ1v) is 7.38. The summed E-state index contributed by atoms with van der Waals surface area (Å²) in [6.45, 7) is 5.44. The number of benzene rings is 1. The quantitative estimate of drug-likeness (QED) is 0.865. The molecule has 1 atom stereocenters. The van der Waals surface area contributed by atoms with E-state index in [0.29, 0.717) is 13.1 Å². The van der Waals surface area contributed by atoms with E-state index in [2.05, 4.69) is 6.92 Å². The number of ether oxygens (including phenoxy) is 1. The van der Waals surface area contributed by atoms with Crippen LogP contribution in [-0.4, -0.2) is 36.0 Å². The molecule has 1 aromatic carbocycles. The summed E-state index contributed by atoms with van der Waals surface area (Å²) in [4.78, 5) is 13.8. The third-order valence-corrected chi connectivity index (χ3v) is 3.67. The van der Waals surface area contributed by atoms with Crippen LogP contribution in [0.3, 0.4) is 0 Å². The van der Waals surface area contributed by atoms with Crippen LogP contribution in [0.25, 0.3) is 0 Å². The molecule has 1 unspecified atom stereocenters. The summed E-state index contributed by atoms with van der Waals surface area (Å²) >= 11 is 0. The van der Waals surface area contributed by atoms with Crippen molar-refractivity contribution in [2.24, 2.45) is 5.73 Å².